The van der Waals surface area contributed by atoms with E-state index in [0.717, 1.165) is 25.7 Å². The Balaban J connectivity index is 2.84. The summed E-state index contributed by atoms with van der Waals surface area (Å²) in [5.41, 5.74) is 0.425. The maximum absolute atomic E-state index is 12.3. The van der Waals surface area contributed by atoms with Crippen molar-refractivity contribution in [2.45, 2.75) is 46.5 Å². The molecule has 0 saturated carbocycles. The minimum absolute atomic E-state index is 0.193. The average Bonchev–Trinajstić information content (AvgIpc) is 2.36. The molecular weight excluding hydrogens is 200 g/mol. The highest BCUT2D eigenvalue weighted by molar-refractivity contribution is 5.99. The molecule has 0 aliphatic carbocycles. The van der Waals surface area contributed by atoms with E-state index in [9.17, 15) is 4.79 Å². The summed E-state index contributed by atoms with van der Waals surface area (Å²) in [7, 11) is 0. The van der Waals surface area contributed by atoms with Crippen molar-refractivity contribution in [1.29, 1.82) is 0 Å². The lowest BCUT2D eigenvalue weighted by atomic mass is 9.76. The van der Waals surface area contributed by atoms with E-state index in [1.165, 1.54) is 0 Å². The van der Waals surface area contributed by atoms with Gasteiger partial charge in [-0.1, -0.05) is 33.6 Å². The molecule has 0 aliphatic heterocycles. The minimum Gasteiger partial charge on any atom is -0.294 e. The third kappa shape index (κ3) is 2.87. The quantitative estimate of drug-likeness (QED) is 0.691. The van der Waals surface area contributed by atoms with Crippen molar-refractivity contribution in [3.8, 4) is 0 Å². The van der Waals surface area contributed by atoms with E-state index in [2.05, 4.69) is 24.0 Å². The average molecular weight is 220 g/mol. The second kappa shape index (κ2) is 5.73. The van der Waals surface area contributed by atoms with Gasteiger partial charge in [0.2, 0.25) is 0 Å². The van der Waals surface area contributed by atoms with E-state index in [1.54, 1.807) is 18.5 Å². The molecule has 0 N–H and O–H groups in total. The summed E-state index contributed by atoms with van der Waals surface area (Å²) in [5, 5.41) is 7.46. The summed E-state index contributed by atoms with van der Waals surface area (Å²) in [4.78, 5) is 12.3. The smallest absolute Gasteiger partial charge is 0.170 e. The van der Waals surface area contributed by atoms with E-state index in [1.807, 2.05) is 6.92 Å². The highest BCUT2D eigenvalue weighted by Crippen LogP contribution is 2.31. The molecule has 1 heterocycles. The molecule has 1 aromatic rings. The standard InChI is InChI=1S/C13H20N2O/c1-4-6-8-13(3,5-2)12(16)11-7-9-14-15-10-11/h7,9-10H,4-6,8H2,1-3H3. The third-order valence-electron chi connectivity index (χ3n) is 3.26. The monoisotopic (exact) mass is 220 g/mol. The second-order valence-corrected chi connectivity index (χ2v) is 4.48. The number of ketones is 1. The van der Waals surface area contributed by atoms with E-state index < -0.39 is 0 Å². The SMILES string of the molecule is CCCCC(C)(CC)C(=O)c1ccnnc1. The Morgan fingerprint density at radius 2 is 2.12 bits per heavy atom. The van der Waals surface area contributed by atoms with E-state index in [0.29, 0.717) is 5.56 Å². The number of carbonyl (C=O) groups is 1. The van der Waals surface area contributed by atoms with Crippen LogP contribution in [0.4, 0.5) is 0 Å². The van der Waals surface area contributed by atoms with Crippen LogP contribution < -0.4 is 0 Å². The molecule has 0 aliphatic rings. The highest BCUT2D eigenvalue weighted by Gasteiger charge is 2.31. The van der Waals surface area contributed by atoms with Gasteiger partial charge in [-0.25, -0.2) is 0 Å². The summed E-state index contributed by atoms with van der Waals surface area (Å²) in [6, 6.07) is 1.75. The number of unbranched alkanes of at least 4 members (excludes halogenated alkanes) is 1. The van der Waals surface area contributed by atoms with E-state index in [-0.39, 0.29) is 11.2 Å². The minimum atomic E-state index is -0.251. The largest absolute Gasteiger partial charge is 0.294 e. The molecule has 0 fully saturated rings. The number of Topliss-reactive ketones (excluding diaryl/α,β-unsaturated/α-hetero) is 1. The van der Waals surface area contributed by atoms with E-state index >= 15 is 0 Å². The first kappa shape index (κ1) is 12.8. The Labute approximate surface area is 97.3 Å². The molecule has 0 saturated heterocycles. The van der Waals surface area contributed by atoms with Crippen LogP contribution in [0.15, 0.2) is 18.5 Å². The third-order valence-corrected chi connectivity index (χ3v) is 3.26. The number of carbonyl (C=O) groups excluding carboxylic acids is 1. The molecule has 3 heteroatoms. The molecule has 0 radical (unpaired) electrons. The van der Waals surface area contributed by atoms with Crippen molar-refractivity contribution in [2.75, 3.05) is 0 Å². The van der Waals surface area contributed by atoms with Crippen LogP contribution in [0.3, 0.4) is 0 Å². The van der Waals surface area contributed by atoms with Crippen molar-refractivity contribution < 1.29 is 4.79 Å². The Bertz CT molecular complexity index is 337. The highest BCUT2D eigenvalue weighted by atomic mass is 16.1. The van der Waals surface area contributed by atoms with Gasteiger partial charge in [-0.3, -0.25) is 4.79 Å². The predicted octanol–water partition coefficient (Wildman–Crippen LogP) is 3.27. The molecule has 1 aromatic heterocycles. The van der Waals surface area contributed by atoms with Gasteiger partial charge < -0.3 is 0 Å². The first-order valence-corrected chi connectivity index (χ1v) is 5.95. The fourth-order valence-corrected chi connectivity index (χ4v) is 1.79. The lowest BCUT2D eigenvalue weighted by Gasteiger charge is -2.26. The number of aromatic nitrogens is 2. The Morgan fingerprint density at radius 1 is 1.38 bits per heavy atom. The van der Waals surface area contributed by atoms with Crippen LogP contribution in [-0.2, 0) is 0 Å². The summed E-state index contributed by atoms with van der Waals surface area (Å²) in [6.45, 7) is 6.27. The van der Waals surface area contributed by atoms with Crippen LogP contribution in [0.25, 0.3) is 0 Å². The first-order chi connectivity index (χ1) is 7.64. The van der Waals surface area contributed by atoms with Crippen molar-refractivity contribution in [2.24, 2.45) is 5.41 Å². The van der Waals surface area contributed by atoms with Crippen molar-refractivity contribution >= 4 is 5.78 Å². The van der Waals surface area contributed by atoms with Gasteiger partial charge in [-0.15, -0.1) is 0 Å². The maximum Gasteiger partial charge on any atom is 0.170 e. The second-order valence-electron chi connectivity index (χ2n) is 4.48. The zero-order valence-corrected chi connectivity index (χ0v) is 10.4. The van der Waals surface area contributed by atoms with Gasteiger partial charge in [0.1, 0.15) is 0 Å². The topological polar surface area (TPSA) is 42.9 Å². The van der Waals surface area contributed by atoms with Crippen molar-refractivity contribution in [1.82, 2.24) is 10.2 Å². The lowest BCUT2D eigenvalue weighted by Crippen LogP contribution is -2.27. The van der Waals surface area contributed by atoms with Gasteiger partial charge in [0.25, 0.3) is 0 Å². The molecule has 16 heavy (non-hydrogen) atoms. The molecule has 0 spiro atoms. The molecule has 1 unspecified atom stereocenters. The number of hydrogen-bond acceptors (Lipinski definition) is 3. The fraction of sp³-hybridized carbons (Fsp3) is 0.615. The van der Waals surface area contributed by atoms with Crippen LogP contribution >= 0.6 is 0 Å². The normalized spacial score (nSPS) is 14.4. The zero-order chi connectivity index (χ0) is 12.0. The van der Waals surface area contributed by atoms with Gasteiger partial charge in [0, 0.05) is 11.0 Å². The molecule has 3 nitrogen and oxygen atoms in total. The Hall–Kier alpha value is -1.25. The lowest BCUT2D eigenvalue weighted by molar-refractivity contribution is 0.0790. The van der Waals surface area contributed by atoms with Crippen molar-refractivity contribution in [3.63, 3.8) is 0 Å². The predicted molar refractivity (Wildman–Crippen MR) is 64.3 cm³/mol. The molecule has 1 rings (SSSR count). The molecule has 88 valence electrons. The van der Waals surface area contributed by atoms with Crippen LogP contribution in [0.5, 0.6) is 0 Å². The molecule has 0 aromatic carbocycles. The molecule has 0 amide bonds. The summed E-state index contributed by atoms with van der Waals surface area (Å²) in [6.07, 6.45) is 7.16. The summed E-state index contributed by atoms with van der Waals surface area (Å²) >= 11 is 0. The Morgan fingerprint density at radius 3 is 2.62 bits per heavy atom. The first-order valence-electron chi connectivity index (χ1n) is 5.95. The fourth-order valence-electron chi connectivity index (χ4n) is 1.79. The van der Waals surface area contributed by atoms with Gasteiger partial charge in [0.15, 0.2) is 5.78 Å². The number of hydrogen-bond donors (Lipinski definition) is 0. The molecule has 1 atom stereocenters. The number of nitrogens with zero attached hydrogens (tertiary/aromatic N) is 2. The van der Waals surface area contributed by atoms with Crippen LogP contribution in [-0.4, -0.2) is 16.0 Å². The van der Waals surface area contributed by atoms with Gasteiger partial charge >= 0.3 is 0 Å². The maximum atomic E-state index is 12.3. The molecular formula is C13H20N2O. The molecule has 0 bridgehead atoms. The summed E-state index contributed by atoms with van der Waals surface area (Å²) in [5.74, 6) is 0.193. The zero-order valence-electron chi connectivity index (χ0n) is 10.4. The van der Waals surface area contributed by atoms with E-state index in [4.69, 9.17) is 0 Å². The van der Waals surface area contributed by atoms with Crippen LogP contribution in [0.2, 0.25) is 0 Å². The number of rotatable bonds is 6. The van der Waals surface area contributed by atoms with Crippen LogP contribution in [0.1, 0.15) is 56.8 Å². The van der Waals surface area contributed by atoms with Gasteiger partial charge in [-0.05, 0) is 18.9 Å². The van der Waals surface area contributed by atoms with Crippen molar-refractivity contribution in [3.05, 3.63) is 24.0 Å². The van der Waals surface area contributed by atoms with Gasteiger partial charge in [-0.2, -0.15) is 10.2 Å². The van der Waals surface area contributed by atoms with Crippen LogP contribution in [0, 0.1) is 5.41 Å². The van der Waals surface area contributed by atoms with Gasteiger partial charge in [0.05, 0.1) is 12.4 Å². The summed E-state index contributed by atoms with van der Waals surface area (Å²) < 4.78 is 0. The Kier molecular flexibility index (Phi) is 4.59.